The van der Waals surface area contributed by atoms with E-state index < -0.39 is 11.8 Å². The number of halogens is 1. The molecule has 1 aliphatic rings. The Morgan fingerprint density at radius 3 is 1.87 bits per heavy atom. The zero-order valence-corrected chi connectivity index (χ0v) is 18.4. The lowest BCUT2D eigenvalue weighted by Gasteiger charge is -2.44. The molecule has 0 saturated carbocycles. The van der Waals surface area contributed by atoms with Crippen molar-refractivity contribution in [1.29, 1.82) is 0 Å². The molecule has 4 aromatic rings. The number of ether oxygens (including phenoxy) is 1. The Morgan fingerprint density at radius 1 is 0.710 bits per heavy atom. The van der Waals surface area contributed by atoms with Crippen LogP contribution in [0.4, 0.5) is 5.69 Å². The first-order valence-electron chi connectivity index (χ1n) is 10.5. The van der Waals surface area contributed by atoms with E-state index in [0.717, 1.165) is 27.9 Å². The van der Waals surface area contributed by atoms with Gasteiger partial charge in [0.15, 0.2) is 6.23 Å². The van der Waals surface area contributed by atoms with Crippen molar-refractivity contribution in [2.75, 3.05) is 5.32 Å². The first-order chi connectivity index (χ1) is 15.1. The van der Waals surface area contributed by atoms with Gasteiger partial charge in [-0.3, -0.25) is 0 Å². The second-order valence-corrected chi connectivity index (χ2v) is 8.53. The summed E-state index contributed by atoms with van der Waals surface area (Å²) >= 11 is 6.59. The van der Waals surface area contributed by atoms with E-state index in [1.54, 1.807) is 0 Å². The first kappa shape index (κ1) is 19.9. The predicted molar refractivity (Wildman–Crippen MR) is 128 cm³/mol. The Hall–Kier alpha value is -3.07. The zero-order valence-electron chi connectivity index (χ0n) is 17.6. The maximum absolute atomic E-state index is 7.02. The third kappa shape index (κ3) is 3.42. The molecule has 154 valence electrons. The van der Waals surface area contributed by atoms with Crippen LogP contribution in [0.1, 0.15) is 39.6 Å². The Kier molecular flexibility index (Phi) is 5.05. The van der Waals surface area contributed by atoms with Crippen LogP contribution in [-0.2, 0) is 10.3 Å². The smallest absolute Gasteiger partial charge is 0.157 e. The van der Waals surface area contributed by atoms with Crippen LogP contribution < -0.4 is 5.32 Å². The minimum absolute atomic E-state index is 0.397. The van der Waals surface area contributed by atoms with Crippen molar-refractivity contribution in [3.63, 3.8) is 0 Å². The van der Waals surface area contributed by atoms with Crippen LogP contribution in [0.5, 0.6) is 0 Å². The van der Waals surface area contributed by atoms with Crippen molar-refractivity contribution in [3.8, 4) is 0 Å². The van der Waals surface area contributed by atoms with E-state index in [-0.39, 0.29) is 0 Å². The zero-order chi connectivity index (χ0) is 21.4. The summed E-state index contributed by atoms with van der Waals surface area (Å²) in [5.41, 5.74) is 6.89. The van der Waals surface area contributed by atoms with Gasteiger partial charge in [-0.2, -0.15) is 0 Å². The molecule has 0 aliphatic carbocycles. The number of para-hydroxylation sites is 1. The van der Waals surface area contributed by atoms with Crippen LogP contribution in [0, 0.1) is 13.8 Å². The summed E-state index contributed by atoms with van der Waals surface area (Å²) in [5, 5.41) is 4.25. The molecule has 1 atom stereocenters. The molecule has 1 aliphatic heterocycles. The normalized spacial score (nSPS) is 16.9. The first-order valence-corrected chi connectivity index (χ1v) is 10.9. The van der Waals surface area contributed by atoms with Gasteiger partial charge in [-0.05, 0) is 37.1 Å². The van der Waals surface area contributed by atoms with Crippen molar-refractivity contribution in [2.45, 2.75) is 25.7 Å². The van der Waals surface area contributed by atoms with Crippen molar-refractivity contribution in [1.82, 2.24) is 0 Å². The summed E-state index contributed by atoms with van der Waals surface area (Å²) in [4.78, 5) is 0. The van der Waals surface area contributed by atoms with Crippen molar-refractivity contribution < 1.29 is 4.74 Å². The number of anilines is 1. The number of nitrogens with one attached hydrogen (secondary N) is 1. The highest BCUT2D eigenvalue weighted by molar-refractivity contribution is 6.31. The van der Waals surface area contributed by atoms with Gasteiger partial charge in [-0.1, -0.05) is 108 Å². The molecule has 0 amide bonds. The summed E-state index contributed by atoms with van der Waals surface area (Å²) < 4.78 is 7.02. The van der Waals surface area contributed by atoms with E-state index in [0.29, 0.717) is 5.02 Å². The molecule has 0 aromatic heterocycles. The lowest BCUT2D eigenvalue weighted by Crippen LogP contribution is -2.40. The molecule has 5 rings (SSSR count). The van der Waals surface area contributed by atoms with Crippen LogP contribution in [0.3, 0.4) is 0 Å². The lowest BCUT2D eigenvalue weighted by molar-refractivity contribution is -0.0432. The van der Waals surface area contributed by atoms with Crippen LogP contribution >= 0.6 is 11.6 Å². The molecule has 0 unspecified atom stereocenters. The molecule has 1 N–H and O–H groups in total. The Morgan fingerprint density at radius 2 is 1.26 bits per heavy atom. The molecule has 1 heterocycles. The molecular weight excluding hydrogens is 402 g/mol. The van der Waals surface area contributed by atoms with E-state index in [1.807, 2.05) is 24.3 Å². The average Bonchev–Trinajstić information content (AvgIpc) is 2.80. The van der Waals surface area contributed by atoms with E-state index in [4.69, 9.17) is 16.3 Å². The van der Waals surface area contributed by atoms with Gasteiger partial charge in [-0.15, -0.1) is 0 Å². The number of aryl methyl sites for hydroxylation is 2. The third-order valence-electron chi connectivity index (χ3n) is 5.99. The summed E-state index contributed by atoms with van der Waals surface area (Å²) in [6, 6.07) is 33.5. The number of hydrogen-bond donors (Lipinski definition) is 1. The van der Waals surface area contributed by atoms with Gasteiger partial charge in [0.1, 0.15) is 5.60 Å². The molecular formula is C28H24ClNO. The molecule has 2 nitrogen and oxygen atoms in total. The minimum Gasteiger partial charge on any atom is -0.356 e. The molecule has 0 radical (unpaired) electrons. The number of rotatable bonds is 3. The van der Waals surface area contributed by atoms with E-state index in [9.17, 15) is 0 Å². The third-order valence-corrected chi connectivity index (χ3v) is 6.34. The molecule has 0 bridgehead atoms. The van der Waals surface area contributed by atoms with Gasteiger partial charge in [0.2, 0.25) is 0 Å². The number of hydrogen-bond acceptors (Lipinski definition) is 2. The highest BCUT2D eigenvalue weighted by atomic mass is 35.5. The van der Waals surface area contributed by atoms with Gasteiger partial charge in [-0.25, -0.2) is 0 Å². The van der Waals surface area contributed by atoms with E-state index >= 15 is 0 Å². The monoisotopic (exact) mass is 425 g/mol. The lowest BCUT2D eigenvalue weighted by atomic mass is 9.77. The summed E-state index contributed by atoms with van der Waals surface area (Å²) in [7, 11) is 0. The van der Waals surface area contributed by atoms with E-state index in [1.165, 1.54) is 11.1 Å². The SMILES string of the molecule is Cc1ccc(C2(c3ccc(C)cc3)O[C@@H](c3ccccc3Cl)Nc3ccccc32)cc1. The Balaban J connectivity index is 1.79. The maximum Gasteiger partial charge on any atom is 0.157 e. The highest BCUT2D eigenvalue weighted by Gasteiger charge is 2.45. The second-order valence-electron chi connectivity index (χ2n) is 8.12. The van der Waals surface area contributed by atoms with Crippen molar-refractivity contribution in [2.24, 2.45) is 0 Å². The molecule has 0 saturated heterocycles. The highest BCUT2D eigenvalue weighted by Crippen LogP contribution is 2.50. The Bertz CT molecular complexity index is 1170. The fourth-order valence-electron chi connectivity index (χ4n) is 4.35. The summed E-state index contributed by atoms with van der Waals surface area (Å²) in [6.45, 7) is 4.21. The second kappa shape index (κ2) is 7.88. The Labute approximate surface area is 188 Å². The standard InChI is InChI=1S/C28H24ClNO/c1-19-11-15-21(16-12-19)28(22-17-13-20(2)14-18-22)24-8-4-6-10-26(24)30-27(31-28)23-7-3-5-9-25(23)29/h3-18,27,30H,1-2H3/t27-/m0/s1. The van der Waals surface area contributed by atoms with Crippen molar-refractivity contribution in [3.05, 3.63) is 135 Å². The largest absolute Gasteiger partial charge is 0.356 e. The predicted octanol–water partition coefficient (Wildman–Crippen LogP) is 7.39. The molecule has 0 spiro atoms. The molecule has 0 fully saturated rings. The van der Waals surface area contributed by atoms with Gasteiger partial charge in [0.25, 0.3) is 0 Å². The van der Waals surface area contributed by atoms with E-state index in [2.05, 4.69) is 92.0 Å². The quantitative estimate of drug-likeness (QED) is 0.369. The van der Waals surface area contributed by atoms with Crippen LogP contribution in [-0.4, -0.2) is 0 Å². The number of benzene rings is 4. The topological polar surface area (TPSA) is 21.3 Å². The average molecular weight is 426 g/mol. The molecule has 31 heavy (non-hydrogen) atoms. The van der Waals surface area contributed by atoms with Gasteiger partial charge in [0.05, 0.1) is 0 Å². The fraction of sp³-hybridized carbons (Fsp3) is 0.143. The molecule has 4 aromatic carbocycles. The van der Waals surface area contributed by atoms with Gasteiger partial charge >= 0.3 is 0 Å². The van der Waals surface area contributed by atoms with Crippen LogP contribution in [0.15, 0.2) is 97.1 Å². The molecule has 3 heteroatoms. The fourth-order valence-corrected chi connectivity index (χ4v) is 4.58. The summed E-state index contributed by atoms with van der Waals surface area (Å²) in [6.07, 6.45) is -0.397. The van der Waals surface area contributed by atoms with Crippen molar-refractivity contribution >= 4 is 17.3 Å². The van der Waals surface area contributed by atoms with Gasteiger partial charge in [0, 0.05) is 21.8 Å². The van der Waals surface area contributed by atoms with Gasteiger partial charge < -0.3 is 10.1 Å². The number of fused-ring (bicyclic) bond motifs is 1. The van der Waals surface area contributed by atoms with Crippen LogP contribution in [0.25, 0.3) is 0 Å². The van der Waals surface area contributed by atoms with Crippen LogP contribution in [0.2, 0.25) is 5.02 Å². The summed E-state index contributed by atoms with van der Waals surface area (Å²) in [5.74, 6) is 0. The minimum atomic E-state index is -0.771. The maximum atomic E-state index is 7.02.